The van der Waals surface area contributed by atoms with Crippen LogP contribution in [0.5, 0.6) is 0 Å². The van der Waals surface area contributed by atoms with E-state index in [2.05, 4.69) is 28.6 Å². The lowest BCUT2D eigenvalue weighted by atomic mass is 9.93. The second-order valence-corrected chi connectivity index (χ2v) is 5.62. The summed E-state index contributed by atoms with van der Waals surface area (Å²) in [7, 11) is 2.06. The fourth-order valence-corrected chi connectivity index (χ4v) is 3.32. The first kappa shape index (κ1) is 12.2. The van der Waals surface area contributed by atoms with Gasteiger partial charge in [-0.15, -0.1) is 0 Å². The maximum atomic E-state index is 4.40. The third-order valence-electron chi connectivity index (χ3n) is 4.39. The molecule has 18 heavy (non-hydrogen) atoms. The average molecular weight is 248 g/mol. The lowest BCUT2D eigenvalue weighted by molar-refractivity contribution is 0.322. The molecule has 1 atom stereocenters. The van der Waals surface area contributed by atoms with Gasteiger partial charge in [0.25, 0.3) is 0 Å². The molecule has 1 aromatic rings. The van der Waals surface area contributed by atoms with Crippen molar-refractivity contribution in [3.63, 3.8) is 0 Å². The first-order valence-corrected chi connectivity index (χ1v) is 7.31. The molecule has 1 N–H and O–H groups in total. The molecule has 2 heterocycles. The zero-order chi connectivity index (χ0) is 12.4. The second-order valence-electron chi connectivity index (χ2n) is 5.62. The molecule has 0 saturated carbocycles. The maximum Gasteiger partial charge on any atom is 0.0540 e. The molecule has 2 aliphatic rings. The summed E-state index contributed by atoms with van der Waals surface area (Å²) in [5, 5.41) is 8.12. The lowest BCUT2D eigenvalue weighted by Gasteiger charge is -2.25. The lowest BCUT2D eigenvalue weighted by Crippen LogP contribution is -2.33. The molecule has 0 bridgehead atoms. The summed E-state index contributed by atoms with van der Waals surface area (Å²) in [6, 6.07) is 0.532. The fraction of sp³-hybridized carbons (Fsp3) is 0.786. The molecule has 4 nitrogen and oxygen atoms in total. The Labute approximate surface area is 109 Å². The predicted molar refractivity (Wildman–Crippen MR) is 72.6 cm³/mol. The van der Waals surface area contributed by atoms with Crippen molar-refractivity contribution in [2.45, 2.75) is 38.1 Å². The van der Waals surface area contributed by atoms with Crippen LogP contribution in [0.15, 0.2) is 6.20 Å². The number of likely N-dealkylation sites (tertiary alicyclic amines) is 1. The Morgan fingerprint density at radius 3 is 3.00 bits per heavy atom. The SMILES string of the molecule is Cn1ncc2c1CCCC2NCCN1CCCC1. The first-order valence-electron chi connectivity index (χ1n) is 7.31. The molecular weight excluding hydrogens is 224 g/mol. The van der Waals surface area contributed by atoms with Gasteiger partial charge < -0.3 is 10.2 Å². The Morgan fingerprint density at radius 1 is 1.33 bits per heavy atom. The van der Waals surface area contributed by atoms with Gasteiger partial charge in [-0.05, 0) is 45.2 Å². The number of fused-ring (bicyclic) bond motifs is 1. The summed E-state index contributed by atoms with van der Waals surface area (Å²) in [4.78, 5) is 2.57. The zero-order valence-electron chi connectivity index (χ0n) is 11.4. The molecule has 1 aliphatic heterocycles. The van der Waals surface area contributed by atoms with Crippen LogP contribution in [0.25, 0.3) is 0 Å². The van der Waals surface area contributed by atoms with Crippen molar-refractivity contribution in [3.05, 3.63) is 17.5 Å². The monoisotopic (exact) mass is 248 g/mol. The molecule has 1 unspecified atom stereocenters. The van der Waals surface area contributed by atoms with E-state index < -0.39 is 0 Å². The molecule has 0 amide bonds. The number of hydrogen-bond acceptors (Lipinski definition) is 3. The van der Waals surface area contributed by atoms with E-state index in [1.807, 2.05) is 4.68 Å². The van der Waals surface area contributed by atoms with Crippen LogP contribution in [0, 0.1) is 0 Å². The molecule has 1 aromatic heterocycles. The van der Waals surface area contributed by atoms with E-state index in [9.17, 15) is 0 Å². The van der Waals surface area contributed by atoms with E-state index in [1.54, 1.807) is 0 Å². The van der Waals surface area contributed by atoms with Gasteiger partial charge in [-0.2, -0.15) is 5.10 Å². The molecule has 4 heteroatoms. The molecule has 1 aliphatic carbocycles. The third-order valence-corrected chi connectivity index (χ3v) is 4.39. The highest BCUT2D eigenvalue weighted by Crippen LogP contribution is 2.28. The highest BCUT2D eigenvalue weighted by atomic mass is 15.3. The highest BCUT2D eigenvalue weighted by Gasteiger charge is 2.23. The van der Waals surface area contributed by atoms with Crippen molar-refractivity contribution in [3.8, 4) is 0 Å². The normalized spacial score (nSPS) is 24.4. The van der Waals surface area contributed by atoms with E-state index in [0.29, 0.717) is 6.04 Å². The average Bonchev–Trinajstić information content (AvgIpc) is 3.01. The van der Waals surface area contributed by atoms with Gasteiger partial charge in [0.15, 0.2) is 0 Å². The van der Waals surface area contributed by atoms with Crippen LogP contribution < -0.4 is 5.32 Å². The molecule has 0 radical (unpaired) electrons. The van der Waals surface area contributed by atoms with E-state index >= 15 is 0 Å². The van der Waals surface area contributed by atoms with Crippen molar-refractivity contribution in [2.75, 3.05) is 26.2 Å². The van der Waals surface area contributed by atoms with Crippen molar-refractivity contribution in [2.24, 2.45) is 7.05 Å². The van der Waals surface area contributed by atoms with Gasteiger partial charge >= 0.3 is 0 Å². The Kier molecular flexibility index (Phi) is 3.66. The number of hydrogen-bond donors (Lipinski definition) is 1. The Bertz CT molecular complexity index is 392. The molecular formula is C14H24N4. The third kappa shape index (κ3) is 2.45. The van der Waals surface area contributed by atoms with Crippen molar-refractivity contribution < 1.29 is 0 Å². The van der Waals surface area contributed by atoms with Gasteiger partial charge in [-0.25, -0.2) is 0 Å². The van der Waals surface area contributed by atoms with Crippen molar-refractivity contribution in [1.29, 1.82) is 0 Å². The zero-order valence-corrected chi connectivity index (χ0v) is 11.4. The summed E-state index contributed by atoms with van der Waals surface area (Å²) >= 11 is 0. The van der Waals surface area contributed by atoms with Gasteiger partial charge in [-0.3, -0.25) is 4.68 Å². The summed E-state index contributed by atoms with van der Waals surface area (Å²) in [6.45, 7) is 4.90. The van der Waals surface area contributed by atoms with Gasteiger partial charge in [0.05, 0.1) is 6.20 Å². The Balaban J connectivity index is 1.54. The topological polar surface area (TPSA) is 33.1 Å². The van der Waals surface area contributed by atoms with Gasteiger partial charge in [0.1, 0.15) is 0 Å². The summed E-state index contributed by atoms with van der Waals surface area (Å²) in [5.41, 5.74) is 2.87. The minimum Gasteiger partial charge on any atom is -0.309 e. The number of aryl methyl sites for hydroxylation is 1. The maximum absolute atomic E-state index is 4.40. The van der Waals surface area contributed by atoms with E-state index in [0.717, 1.165) is 6.54 Å². The van der Waals surface area contributed by atoms with Gasteiger partial charge in [-0.1, -0.05) is 0 Å². The second kappa shape index (κ2) is 5.41. The molecule has 0 spiro atoms. The highest BCUT2D eigenvalue weighted by molar-refractivity contribution is 5.24. The van der Waals surface area contributed by atoms with Gasteiger partial charge in [0.2, 0.25) is 0 Å². The summed E-state index contributed by atoms with van der Waals surface area (Å²) in [5.74, 6) is 0. The number of nitrogens with zero attached hydrogens (tertiary/aromatic N) is 3. The standard InChI is InChI=1S/C14H24N4/c1-17-14-6-4-5-13(12(14)11-16-17)15-7-10-18-8-2-3-9-18/h11,13,15H,2-10H2,1H3. The van der Waals surface area contributed by atoms with Crippen LogP contribution in [0.1, 0.15) is 43.0 Å². The Morgan fingerprint density at radius 2 is 2.17 bits per heavy atom. The van der Waals surface area contributed by atoms with Crippen LogP contribution in [0.3, 0.4) is 0 Å². The minimum atomic E-state index is 0.532. The van der Waals surface area contributed by atoms with Crippen LogP contribution in [0.2, 0.25) is 0 Å². The van der Waals surface area contributed by atoms with Gasteiger partial charge in [0, 0.05) is 37.4 Å². The first-order chi connectivity index (χ1) is 8.84. The van der Waals surface area contributed by atoms with E-state index in [1.165, 1.54) is 63.0 Å². The predicted octanol–water partition coefficient (Wildman–Crippen LogP) is 1.48. The molecule has 1 fully saturated rings. The fourth-order valence-electron chi connectivity index (χ4n) is 3.32. The Hall–Kier alpha value is -0.870. The van der Waals surface area contributed by atoms with Crippen molar-refractivity contribution in [1.82, 2.24) is 20.0 Å². The molecule has 1 saturated heterocycles. The van der Waals surface area contributed by atoms with Crippen LogP contribution in [0.4, 0.5) is 0 Å². The summed E-state index contributed by atoms with van der Waals surface area (Å²) in [6.07, 6.45) is 8.57. The van der Waals surface area contributed by atoms with Crippen LogP contribution in [-0.2, 0) is 13.5 Å². The molecule has 100 valence electrons. The quantitative estimate of drug-likeness (QED) is 0.876. The van der Waals surface area contributed by atoms with Crippen LogP contribution >= 0.6 is 0 Å². The molecule has 3 rings (SSSR count). The summed E-state index contributed by atoms with van der Waals surface area (Å²) < 4.78 is 2.05. The van der Waals surface area contributed by atoms with Crippen molar-refractivity contribution >= 4 is 0 Å². The largest absolute Gasteiger partial charge is 0.309 e. The van der Waals surface area contributed by atoms with E-state index in [-0.39, 0.29) is 0 Å². The van der Waals surface area contributed by atoms with Crippen LogP contribution in [-0.4, -0.2) is 40.9 Å². The number of aromatic nitrogens is 2. The number of nitrogens with one attached hydrogen (secondary N) is 1. The molecule has 0 aromatic carbocycles. The minimum absolute atomic E-state index is 0.532. The van der Waals surface area contributed by atoms with E-state index in [4.69, 9.17) is 0 Å². The number of rotatable bonds is 4. The smallest absolute Gasteiger partial charge is 0.0540 e.